The van der Waals surface area contributed by atoms with Gasteiger partial charge in [-0.3, -0.25) is 9.59 Å². The van der Waals surface area contributed by atoms with E-state index in [0.29, 0.717) is 12.8 Å². The minimum absolute atomic E-state index is 0.0442. The molecule has 28 heavy (non-hydrogen) atoms. The Morgan fingerprint density at radius 1 is 0.821 bits per heavy atom. The Hall–Kier alpha value is -1.22. The van der Waals surface area contributed by atoms with Crippen molar-refractivity contribution in [1.82, 2.24) is 10.6 Å². The number of Topliss-reactive ketones (excluding diaryl/α,β-unsaturated/α-hetero) is 1. The van der Waals surface area contributed by atoms with Gasteiger partial charge in [0, 0.05) is 25.7 Å². The first-order valence-corrected chi connectivity index (χ1v) is 9.76. The Kier molecular flexibility index (Phi) is 9.33. The molecule has 0 radical (unpaired) electrons. The second kappa shape index (κ2) is 10.5. The standard InChI is InChI=1S/C10H17F2NO.C9H15F2NO2/c1-7(14)9(13-2)8-3-5-10(11,12)6-4-8;1-12-7(8(13)14)6-2-4-9(10,11)5-3-6/h8-9,13H,3-6H2,1-2H3;6-7,12H,2-5H2,1H3,(H,13,14)/t9-;7-/m10/s1. The highest BCUT2D eigenvalue weighted by molar-refractivity contribution is 5.81. The summed E-state index contributed by atoms with van der Waals surface area (Å²) in [6.07, 6.45) is 0.907. The van der Waals surface area contributed by atoms with Gasteiger partial charge >= 0.3 is 5.97 Å². The average molecular weight is 412 g/mol. The Balaban J connectivity index is 0.000000280. The number of carbonyl (C=O) groups is 2. The van der Waals surface area contributed by atoms with Gasteiger partial charge in [0.2, 0.25) is 11.8 Å². The first kappa shape index (κ1) is 24.8. The van der Waals surface area contributed by atoms with E-state index in [2.05, 4.69) is 10.6 Å². The van der Waals surface area contributed by atoms with Crippen molar-refractivity contribution >= 4 is 11.8 Å². The second-order valence-corrected chi connectivity index (χ2v) is 7.87. The molecule has 3 N–H and O–H groups in total. The quantitative estimate of drug-likeness (QED) is 0.583. The summed E-state index contributed by atoms with van der Waals surface area (Å²) in [5.41, 5.74) is 0. The summed E-state index contributed by atoms with van der Waals surface area (Å²) in [6.45, 7) is 1.51. The maximum Gasteiger partial charge on any atom is 0.320 e. The highest BCUT2D eigenvalue weighted by atomic mass is 19.3. The van der Waals surface area contributed by atoms with E-state index < -0.39 is 23.9 Å². The van der Waals surface area contributed by atoms with Crippen molar-refractivity contribution in [3.63, 3.8) is 0 Å². The van der Waals surface area contributed by atoms with Crippen LogP contribution in [0.25, 0.3) is 0 Å². The number of carboxylic acid groups (broad SMARTS) is 1. The van der Waals surface area contributed by atoms with Crippen LogP contribution < -0.4 is 10.6 Å². The van der Waals surface area contributed by atoms with E-state index in [1.54, 1.807) is 14.1 Å². The molecule has 0 aliphatic heterocycles. The van der Waals surface area contributed by atoms with E-state index in [0.717, 1.165) is 0 Å². The number of halogens is 4. The van der Waals surface area contributed by atoms with E-state index in [-0.39, 0.29) is 62.2 Å². The minimum Gasteiger partial charge on any atom is -0.480 e. The number of hydrogen-bond acceptors (Lipinski definition) is 4. The van der Waals surface area contributed by atoms with Crippen LogP contribution in [-0.2, 0) is 9.59 Å². The van der Waals surface area contributed by atoms with Gasteiger partial charge in [-0.2, -0.15) is 0 Å². The SMILES string of the molecule is CN[C@H](C(=O)O)C1CCC(F)(F)CC1.CN[C@H](C(C)=O)C1CCC(F)(F)CC1. The van der Waals surface area contributed by atoms with Crippen LogP contribution in [0.4, 0.5) is 17.6 Å². The smallest absolute Gasteiger partial charge is 0.320 e. The highest BCUT2D eigenvalue weighted by Gasteiger charge is 2.39. The minimum atomic E-state index is -2.59. The third-order valence-corrected chi connectivity index (χ3v) is 5.79. The molecule has 0 heterocycles. The predicted octanol–water partition coefficient (Wildman–Crippen LogP) is 3.47. The number of carbonyl (C=O) groups excluding carboxylic acids is 1. The molecule has 2 aliphatic rings. The van der Waals surface area contributed by atoms with Crippen LogP contribution in [0.5, 0.6) is 0 Å². The van der Waals surface area contributed by atoms with Crippen LogP contribution in [0.3, 0.4) is 0 Å². The van der Waals surface area contributed by atoms with Gasteiger partial charge in [-0.25, -0.2) is 17.6 Å². The molecule has 2 rings (SSSR count). The fraction of sp³-hybridized carbons (Fsp3) is 0.895. The Bertz CT molecular complexity index is 465. The third kappa shape index (κ3) is 7.66. The molecule has 2 saturated carbocycles. The number of rotatable bonds is 6. The van der Waals surface area contributed by atoms with Crippen LogP contribution in [-0.4, -0.2) is 54.9 Å². The Morgan fingerprint density at radius 2 is 1.14 bits per heavy atom. The van der Waals surface area contributed by atoms with Crippen molar-refractivity contribution in [2.24, 2.45) is 11.8 Å². The summed E-state index contributed by atoms with van der Waals surface area (Å²) in [5.74, 6) is -6.10. The lowest BCUT2D eigenvalue weighted by atomic mass is 9.81. The summed E-state index contributed by atoms with van der Waals surface area (Å²) < 4.78 is 51.2. The number of hydrogen-bond donors (Lipinski definition) is 3. The summed E-state index contributed by atoms with van der Waals surface area (Å²) in [6, 6.07) is -0.933. The molecule has 164 valence electrons. The molecule has 0 saturated heterocycles. The zero-order valence-electron chi connectivity index (χ0n) is 16.7. The van der Waals surface area contributed by atoms with Gasteiger partial charge in [0.15, 0.2) is 0 Å². The van der Waals surface area contributed by atoms with Crippen LogP contribution >= 0.6 is 0 Å². The second-order valence-electron chi connectivity index (χ2n) is 7.87. The first-order valence-electron chi connectivity index (χ1n) is 9.76. The number of carboxylic acids is 1. The molecule has 0 spiro atoms. The lowest BCUT2D eigenvalue weighted by molar-refractivity contribution is -0.142. The maximum atomic E-state index is 12.8. The van der Waals surface area contributed by atoms with Gasteiger partial charge in [-0.05, 0) is 58.5 Å². The summed E-state index contributed by atoms with van der Waals surface area (Å²) in [4.78, 5) is 21.9. The Morgan fingerprint density at radius 3 is 1.39 bits per heavy atom. The van der Waals surface area contributed by atoms with Gasteiger partial charge in [-0.15, -0.1) is 0 Å². The van der Waals surface area contributed by atoms with Crippen LogP contribution in [0, 0.1) is 11.8 Å². The van der Waals surface area contributed by atoms with Crippen molar-refractivity contribution in [2.45, 2.75) is 82.2 Å². The molecule has 0 bridgehead atoms. The maximum absolute atomic E-state index is 12.8. The number of likely N-dealkylation sites (N-methyl/N-ethyl adjacent to an activating group) is 2. The number of aliphatic carboxylic acids is 1. The van der Waals surface area contributed by atoms with Gasteiger partial charge in [0.1, 0.15) is 11.8 Å². The molecular formula is C19H32F4N2O3. The summed E-state index contributed by atoms with van der Waals surface area (Å²) in [5, 5.41) is 14.4. The Labute approximate surface area is 163 Å². The van der Waals surface area contributed by atoms with Crippen molar-refractivity contribution in [1.29, 1.82) is 0 Å². The fourth-order valence-electron chi connectivity index (χ4n) is 4.12. The van der Waals surface area contributed by atoms with Crippen molar-refractivity contribution in [3.8, 4) is 0 Å². The molecule has 0 aromatic rings. The highest BCUT2D eigenvalue weighted by Crippen LogP contribution is 2.38. The van der Waals surface area contributed by atoms with E-state index in [1.165, 1.54) is 6.92 Å². The third-order valence-electron chi connectivity index (χ3n) is 5.79. The van der Waals surface area contributed by atoms with Gasteiger partial charge in [0.25, 0.3) is 0 Å². The van der Waals surface area contributed by atoms with Gasteiger partial charge in [-0.1, -0.05) is 0 Å². The van der Waals surface area contributed by atoms with Crippen molar-refractivity contribution in [2.75, 3.05) is 14.1 Å². The van der Waals surface area contributed by atoms with Gasteiger partial charge in [0.05, 0.1) is 6.04 Å². The van der Waals surface area contributed by atoms with E-state index in [9.17, 15) is 27.2 Å². The van der Waals surface area contributed by atoms with Crippen LogP contribution in [0.2, 0.25) is 0 Å². The zero-order chi connectivity index (χ0) is 21.5. The normalized spacial score (nSPS) is 24.5. The van der Waals surface area contributed by atoms with E-state index in [4.69, 9.17) is 5.11 Å². The summed E-state index contributed by atoms with van der Waals surface area (Å²) >= 11 is 0. The zero-order valence-corrected chi connectivity index (χ0v) is 16.7. The van der Waals surface area contributed by atoms with E-state index in [1.807, 2.05) is 0 Å². The molecular weight excluding hydrogens is 380 g/mol. The lowest BCUT2D eigenvalue weighted by Crippen LogP contribution is -2.43. The fourth-order valence-corrected chi connectivity index (χ4v) is 4.12. The molecule has 2 aliphatic carbocycles. The average Bonchev–Trinajstić information content (AvgIpc) is 2.59. The van der Waals surface area contributed by atoms with Crippen LogP contribution in [0.15, 0.2) is 0 Å². The molecule has 0 unspecified atom stereocenters. The van der Waals surface area contributed by atoms with Crippen LogP contribution in [0.1, 0.15) is 58.3 Å². The lowest BCUT2D eigenvalue weighted by Gasteiger charge is -2.32. The van der Waals surface area contributed by atoms with Crippen molar-refractivity contribution in [3.05, 3.63) is 0 Å². The van der Waals surface area contributed by atoms with Gasteiger partial charge < -0.3 is 15.7 Å². The molecule has 0 aromatic heterocycles. The molecule has 2 atom stereocenters. The molecule has 5 nitrogen and oxygen atoms in total. The number of alkyl halides is 4. The number of nitrogens with one attached hydrogen (secondary N) is 2. The molecule has 9 heteroatoms. The monoisotopic (exact) mass is 412 g/mol. The molecule has 0 amide bonds. The summed E-state index contributed by atoms with van der Waals surface area (Å²) in [7, 11) is 3.25. The van der Waals surface area contributed by atoms with Crippen molar-refractivity contribution < 1.29 is 32.3 Å². The first-order chi connectivity index (χ1) is 12.9. The molecule has 0 aromatic carbocycles. The largest absolute Gasteiger partial charge is 0.480 e. The predicted molar refractivity (Wildman–Crippen MR) is 97.8 cm³/mol. The van der Waals surface area contributed by atoms with E-state index >= 15 is 0 Å². The topological polar surface area (TPSA) is 78.4 Å². The molecule has 2 fully saturated rings. The number of ketones is 1.